The first-order valence-electron chi connectivity index (χ1n) is 20.2. The van der Waals surface area contributed by atoms with E-state index in [-0.39, 0.29) is 5.92 Å². The molecule has 4 nitrogen and oxygen atoms in total. The lowest BCUT2D eigenvalue weighted by Crippen LogP contribution is -2.37. The van der Waals surface area contributed by atoms with Crippen molar-refractivity contribution in [3.8, 4) is 28.0 Å². The Morgan fingerprint density at radius 1 is 0.458 bits per heavy atom. The van der Waals surface area contributed by atoms with Crippen LogP contribution in [0.2, 0.25) is 0 Å². The van der Waals surface area contributed by atoms with Crippen molar-refractivity contribution in [1.29, 1.82) is 0 Å². The number of hydrogen-bond acceptors (Lipinski definition) is 4. The lowest BCUT2D eigenvalue weighted by atomic mass is 9.74. The van der Waals surface area contributed by atoms with E-state index in [1.807, 2.05) is 30.3 Å². The molecule has 0 N–H and O–H groups in total. The Labute approximate surface area is 341 Å². The summed E-state index contributed by atoms with van der Waals surface area (Å²) in [5.74, 6) is 0.996. The molecule has 10 aromatic rings. The molecule has 2 aliphatic rings. The predicted octanol–water partition coefficient (Wildman–Crippen LogP) is 15.2. The second-order valence-electron chi connectivity index (χ2n) is 15.7. The van der Waals surface area contributed by atoms with Crippen LogP contribution in [-0.4, -0.2) is 5.60 Å². The number of hydrogen-bond donors (Lipinski definition) is 0. The normalized spacial score (nSPS) is 17.0. The fourth-order valence-corrected chi connectivity index (χ4v) is 9.50. The summed E-state index contributed by atoms with van der Waals surface area (Å²) in [5.41, 5.74) is 14.2. The fourth-order valence-electron chi connectivity index (χ4n) is 9.50. The van der Waals surface area contributed by atoms with Crippen molar-refractivity contribution in [2.75, 3.05) is 4.90 Å². The Balaban J connectivity index is 0.935. The first kappa shape index (κ1) is 33.6. The zero-order valence-corrected chi connectivity index (χ0v) is 32.3. The molecule has 4 heteroatoms. The molecule has 8 aromatic carbocycles. The monoisotopic (exact) mass is 759 g/mol. The van der Waals surface area contributed by atoms with Gasteiger partial charge in [-0.25, -0.2) is 0 Å². The third-order valence-corrected chi connectivity index (χ3v) is 12.4. The van der Waals surface area contributed by atoms with Crippen molar-refractivity contribution in [1.82, 2.24) is 0 Å². The average molecular weight is 760 g/mol. The summed E-state index contributed by atoms with van der Waals surface area (Å²) < 4.78 is 19.6. The molecule has 0 spiro atoms. The maximum absolute atomic E-state index is 6.72. The van der Waals surface area contributed by atoms with E-state index in [1.165, 1.54) is 16.7 Å². The smallest absolute Gasteiger partial charge is 0.143 e. The van der Waals surface area contributed by atoms with E-state index in [1.54, 1.807) is 0 Å². The van der Waals surface area contributed by atoms with Crippen LogP contribution in [0.25, 0.3) is 71.7 Å². The minimum absolute atomic E-state index is 0.0536. The number of nitrogens with zero attached hydrogens (tertiary/aromatic N) is 1. The van der Waals surface area contributed by atoms with Crippen molar-refractivity contribution in [2.45, 2.75) is 18.4 Å². The minimum Gasteiger partial charge on any atom is -0.481 e. The first-order valence-corrected chi connectivity index (χ1v) is 20.2. The first-order chi connectivity index (χ1) is 29.1. The molecule has 0 amide bonds. The number of allylic oxidation sites excluding steroid dienone is 2. The molecule has 3 heterocycles. The molecule has 2 unspecified atom stereocenters. The van der Waals surface area contributed by atoms with Crippen LogP contribution in [0.15, 0.2) is 209 Å². The highest BCUT2D eigenvalue weighted by Gasteiger charge is 2.46. The average Bonchev–Trinajstić information content (AvgIpc) is 3.96. The summed E-state index contributed by atoms with van der Waals surface area (Å²) in [6.45, 7) is 2.22. The standard InChI is InChI=1S/C55H37NO3/c1-55-48(18-10-19-49(55)47-13-4-7-22-52(47)59-55)37-27-33-40(34-28-37)56(38-29-23-35(24-30-38)41-14-8-16-45-43-11-2-5-20-50(43)57-53(41)45)39-31-25-36(26-32-39)42-15-9-17-46-44-12-3-6-21-51(44)58-54(42)46/h2-34,48H,1H3. The van der Waals surface area contributed by atoms with Gasteiger partial charge in [0.1, 0.15) is 33.7 Å². The van der Waals surface area contributed by atoms with Crippen LogP contribution >= 0.6 is 0 Å². The van der Waals surface area contributed by atoms with E-state index in [9.17, 15) is 0 Å². The van der Waals surface area contributed by atoms with E-state index in [4.69, 9.17) is 13.6 Å². The van der Waals surface area contributed by atoms with E-state index in [2.05, 4.69) is 182 Å². The summed E-state index contributed by atoms with van der Waals surface area (Å²) >= 11 is 0. The second kappa shape index (κ2) is 13.0. The largest absolute Gasteiger partial charge is 0.481 e. The quantitative estimate of drug-likeness (QED) is 0.169. The van der Waals surface area contributed by atoms with Crippen LogP contribution < -0.4 is 9.64 Å². The molecular formula is C55H37NO3. The van der Waals surface area contributed by atoms with E-state index in [0.717, 1.165) is 88.9 Å². The zero-order valence-electron chi connectivity index (χ0n) is 32.3. The van der Waals surface area contributed by atoms with E-state index < -0.39 is 5.60 Å². The molecule has 280 valence electrons. The molecule has 0 radical (unpaired) electrons. The number of anilines is 3. The highest BCUT2D eigenvalue weighted by molar-refractivity contribution is 6.10. The topological polar surface area (TPSA) is 38.8 Å². The van der Waals surface area contributed by atoms with Crippen LogP contribution in [0.1, 0.15) is 24.0 Å². The van der Waals surface area contributed by atoms with Crippen molar-refractivity contribution in [2.24, 2.45) is 0 Å². The maximum atomic E-state index is 6.72. The number of ether oxygens (including phenoxy) is 1. The summed E-state index contributed by atoms with van der Waals surface area (Å²) in [5, 5.41) is 4.51. The van der Waals surface area contributed by atoms with Gasteiger partial charge in [0.15, 0.2) is 0 Å². The molecule has 0 saturated heterocycles. The Bertz CT molecular complexity index is 3150. The lowest BCUT2D eigenvalue weighted by Gasteiger charge is -2.35. The van der Waals surface area contributed by atoms with Crippen molar-refractivity contribution < 1.29 is 13.6 Å². The number of benzene rings is 8. The molecule has 0 fully saturated rings. The summed E-state index contributed by atoms with van der Waals surface area (Å²) in [7, 11) is 0. The summed E-state index contributed by atoms with van der Waals surface area (Å²) in [6, 6.07) is 64.3. The van der Waals surface area contributed by atoms with Gasteiger partial charge in [-0.3, -0.25) is 0 Å². The lowest BCUT2D eigenvalue weighted by molar-refractivity contribution is 0.149. The Morgan fingerprint density at radius 2 is 0.932 bits per heavy atom. The molecule has 2 aromatic heterocycles. The molecule has 0 bridgehead atoms. The van der Waals surface area contributed by atoms with Crippen LogP contribution in [-0.2, 0) is 0 Å². The Morgan fingerprint density at radius 3 is 1.51 bits per heavy atom. The molecular weight excluding hydrogens is 723 g/mol. The Kier molecular flexibility index (Phi) is 7.39. The van der Waals surface area contributed by atoms with E-state index in [0.29, 0.717) is 0 Å². The van der Waals surface area contributed by atoms with Gasteiger partial charge in [-0.05, 0) is 78.2 Å². The van der Waals surface area contributed by atoms with Gasteiger partial charge < -0.3 is 18.5 Å². The zero-order chi connectivity index (χ0) is 39.1. The van der Waals surface area contributed by atoms with Crippen molar-refractivity contribution >= 4 is 66.5 Å². The highest BCUT2D eigenvalue weighted by Crippen LogP contribution is 2.53. The van der Waals surface area contributed by atoms with Gasteiger partial charge in [0.05, 0.1) is 0 Å². The molecule has 59 heavy (non-hydrogen) atoms. The number of furan rings is 2. The minimum atomic E-state index is -0.489. The van der Waals surface area contributed by atoms with Crippen molar-refractivity contribution in [3.63, 3.8) is 0 Å². The van der Waals surface area contributed by atoms with Gasteiger partial charge in [0, 0.05) is 66.8 Å². The molecule has 12 rings (SSSR count). The van der Waals surface area contributed by atoms with Gasteiger partial charge in [-0.2, -0.15) is 0 Å². The summed E-state index contributed by atoms with van der Waals surface area (Å²) in [6.07, 6.45) is 6.65. The number of rotatable bonds is 6. The maximum Gasteiger partial charge on any atom is 0.143 e. The van der Waals surface area contributed by atoms with Gasteiger partial charge in [0.2, 0.25) is 0 Å². The van der Waals surface area contributed by atoms with Crippen molar-refractivity contribution in [3.05, 3.63) is 211 Å². The number of para-hydroxylation sites is 5. The molecule has 1 aliphatic carbocycles. The van der Waals surface area contributed by atoms with Gasteiger partial charge in [-0.15, -0.1) is 0 Å². The third-order valence-electron chi connectivity index (χ3n) is 12.4. The second-order valence-corrected chi connectivity index (χ2v) is 15.7. The van der Waals surface area contributed by atoms with E-state index >= 15 is 0 Å². The third kappa shape index (κ3) is 5.23. The van der Waals surface area contributed by atoms with Gasteiger partial charge in [-0.1, -0.05) is 146 Å². The fraction of sp³-hybridized carbons (Fsp3) is 0.0545. The number of fused-ring (bicyclic) bond motifs is 9. The Hall–Kier alpha value is -7.56. The molecule has 0 saturated carbocycles. The van der Waals surface area contributed by atoms with Gasteiger partial charge >= 0.3 is 0 Å². The van der Waals surface area contributed by atoms with Crippen LogP contribution in [0.4, 0.5) is 17.1 Å². The van der Waals surface area contributed by atoms with Crippen LogP contribution in [0, 0.1) is 0 Å². The van der Waals surface area contributed by atoms with Crippen LogP contribution in [0.3, 0.4) is 0 Å². The predicted molar refractivity (Wildman–Crippen MR) is 242 cm³/mol. The van der Waals surface area contributed by atoms with Crippen LogP contribution in [0.5, 0.6) is 5.75 Å². The SMILES string of the molecule is CC12Oc3ccccc3C1=CC=CC2c1ccc(N(c2ccc(-c3cccc4c3oc3ccccc34)cc2)c2ccc(-c3cccc4c3oc3ccccc34)cc2)cc1. The molecule has 1 aliphatic heterocycles. The highest BCUT2D eigenvalue weighted by atomic mass is 16.5. The summed E-state index contributed by atoms with van der Waals surface area (Å²) in [4.78, 5) is 2.33. The molecule has 2 atom stereocenters. The van der Waals surface area contributed by atoms with Gasteiger partial charge in [0.25, 0.3) is 0 Å².